The minimum atomic E-state index is -3.78. The molecule has 28 heavy (non-hydrogen) atoms. The first kappa shape index (κ1) is 18.9. The first-order valence-corrected chi connectivity index (χ1v) is 10.8. The molecule has 1 aliphatic heterocycles. The Kier molecular flexibility index (Phi) is 5.10. The van der Waals surface area contributed by atoms with Crippen LogP contribution < -0.4 is 5.32 Å². The number of halogens is 1. The van der Waals surface area contributed by atoms with E-state index in [1.54, 1.807) is 42.5 Å². The van der Waals surface area contributed by atoms with Gasteiger partial charge < -0.3 is 5.32 Å². The Balaban J connectivity index is 1.61. The predicted molar refractivity (Wildman–Crippen MR) is 111 cm³/mol. The van der Waals surface area contributed by atoms with Gasteiger partial charge in [-0.25, -0.2) is 8.42 Å². The summed E-state index contributed by atoms with van der Waals surface area (Å²) < 4.78 is 27.8. The third-order valence-corrected chi connectivity index (χ3v) is 7.07. The Hall–Kier alpha value is -2.41. The summed E-state index contributed by atoms with van der Waals surface area (Å²) >= 11 is 5.96. The van der Waals surface area contributed by atoms with Crippen LogP contribution in [0, 0.1) is 0 Å². The molecule has 1 saturated heterocycles. The maximum atomic E-state index is 13.2. The molecule has 1 N–H and O–H groups in total. The van der Waals surface area contributed by atoms with Crippen molar-refractivity contribution in [3.05, 3.63) is 71.8 Å². The summed E-state index contributed by atoms with van der Waals surface area (Å²) in [6.45, 7) is 0.322. The lowest BCUT2D eigenvalue weighted by Crippen LogP contribution is -2.43. The van der Waals surface area contributed by atoms with Gasteiger partial charge in [-0.15, -0.1) is 0 Å². The highest BCUT2D eigenvalue weighted by molar-refractivity contribution is 7.89. The van der Waals surface area contributed by atoms with Crippen molar-refractivity contribution in [2.24, 2.45) is 0 Å². The van der Waals surface area contributed by atoms with E-state index >= 15 is 0 Å². The zero-order valence-corrected chi connectivity index (χ0v) is 16.6. The number of rotatable bonds is 4. The standard InChI is InChI=1S/C21H19ClN2O3S/c22-17-7-3-8-18(14-17)23-21(25)20-9-4-12-24(20)28(26,27)19-11-10-15-5-1-2-6-16(15)13-19/h1-3,5-8,10-11,13-14,20H,4,9,12H2,(H,23,25). The number of nitrogens with zero attached hydrogens (tertiary/aromatic N) is 1. The molecule has 7 heteroatoms. The summed E-state index contributed by atoms with van der Waals surface area (Å²) in [5.41, 5.74) is 0.549. The summed E-state index contributed by atoms with van der Waals surface area (Å²) in [6.07, 6.45) is 1.12. The molecule has 1 amide bonds. The fourth-order valence-corrected chi connectivity index (χ4v) is 5.43. The van der Waals surface area contributed by atoms with Gasteiger partial charge in [-0.05, 0) is 53.9 Å². The molecule has 1 unspecified atom stereocenters. The number of nitrogens with one attached hydrogen (secondary N) is 1. The van der Waals surface area contributed by atoms with Crippen LogP contribution in [0.25, 0.3) is 10.8 Å². The van der Waals surface area contributed by atoms with Gasteiger partial charge in [0.25, 0.3) is 0 Å². The van der Waals surface area contributed by atoms with Gasteiger partial charge >= 0.3 is 0 Å². The quantitative estimate of drug-likeness (QED) is 0.692. The fourth-order valence-electron chi connectivity index (χ4n) is 3.54. The molecule has 1 fully saturated rings. The number of fused-ring (bicyclic) bond motifs is 1. The highest BCUT2D eigenvalue weighted by atomic mass is 35.5. The fraction of sp³-hybridized carbons (Fsp3) is 0.190. The molecule has 1 aliphatic rings. The zero-order valence-electron chi connectivity index (χ0n) is 15.0. The second kappa shape index (κ2) is 7.54. The molecular weight excluding hydrogens is 396 g/mol. The largest absolute Gasteiger partial charge is 0.325 e. The van der Waals surface area contributed by atoms with Gasteiger partial charge in [0.1, 0.15) is 6.04 Å². The van der Waals surface area contributed by atoms with Gasteiger partial charge in [0.15, 0.2) is 0 Å². The molecule has 0 aromatic heterocycles. The molecule has 3 aromatic rings. The van der Waals surface area contributed by atoms with E-state index in [1.807, 2.05) is 24.3 Å². The minimum Gasteiger partial charge on any atom is -0.325 e. The van der Waals surface area contributed by atoms with Gasteiger partial charge in [-0.1, -0.05) is 48.0 Å². The van der Waals surface area contributed by atoms with E-state index in [0.29, 0.717) is 30.1 Å². The van der Waals surface area contributed by atoms with Crippen LogP contribution in [0.4, 0.5) is 5.69 Å². The monoisotopic (exact) mass is 414 g/mol. The first-order valence-electron chi connectivity index (χ1n) is 9.02. The van der Waals surface area contributed by atoms with Crippen LogP contribution >= 0.6 is 11.6 Å². The SMILES string of the molecule is O=C(Nc1cccc(Cl)c1)C1CCCN1S(=O)(=O)c1ccc2ccccc2c1. The van der Waals surface area contributed by atoms with E-state index in [-0.39, 0.29) is 10.8 Å². The number of hydrogen-bond donors (Lipinski definition) is 1. The van der Waals surface area contributed by atoms with E-state index in [4.69, 9.17) is 11.6 Å². The second-order valence-electron chi connectivity index (χ2n) is 6.78. The summed E-state index contributed by atoms with van der Waals surface area (Å²) in [5, 5.41) is 5.10. The lowest BCUT2D eigenvalue weighted by molar-refractivity contribution is -0.119. The predicted octanol–water partition coefficient (Wildman–Crippen LogP) is 4.29. The van der Waals surface area contributed by atoms with Crippen LogP contribution in [-0.2, 0) is 14.8 Å². The van der Waals surface area contributed by atoms with Crippen LogP contribution in [-0.4, -0.2) is 31.2 Å². The molecule has 0 radical (unpaired) electrons. The Morgan fingerprint density at radius 3 is 2.57 bits per heavy atom. The second-order valence-corrected chi connectivity index (χ2v) is 9.11. The number of carbonyl (C=O) groups is 1. The summed E-state index contributed by atoms with van der Waals surface area (Å²) in [7, 11) is -3.78. The van der Waals surface area contributed by atoms with Crippen molar-refractivity contribution in [3.63, 3.8) is 0 Å². The van der Waals surface area contributed by atoms with Crippen LogP contribution in [0.5, 0.6) is 0 Å². The first-order chi connectivity index (χ1) is 13.4. The van der Waals surface area contributed by atoms with Crippen LogP contribution in [0.1, 0.15) is 12.8 Å². The van der Waals surface area contributed by atoms with Crippen molar-refractivity contribution in [1.82, 2.24) is 4.31 Å². The number of sulfonamides is 1. The highest BCUT2D eigenvalue weighted by Crippen LogP contribution is 2.29. The maximum Gasteiger partial charge on any atom is 0.243 e. The molecule has 0 bridgehead atoms. The van der Waals surface area contributed by atoms with Crippen molar-refractivity contribution in [2.45, 2.75) is 23.8 Å². The summed E-state index contributed by atoms with van der Waals surface area (Å²) in [4.78, 5) is 13.0. The molecule has 0 spiro atoms. The molecule has 0 saturated carbocycles. The Labute approximate surface area is 169 Å². The van der Waals surface area contributed by atoms with E-state index in [9.17, 15) is 13.2 Å². The highest BCUT2D eigenvalue weighted by Gasteiger charge is 2.39. The third-order valence-electron chi connectivity index (χ3n) is 4.93. The van der Waals surface area contributed by atoms with Crippen LogP contribution in [0.15, 0.2) is 71.6 Å². The molecule has 0 aliphatic carbocycles. The normalized spacial score (nSPS) is 17.7. The molecular formula is C21H19ClN2O3S. The number of amides is 1. The molecule has 1 heterocycles. The van der Waals surface area contributed by atoms with E-state index in [1.165, 1.54) is 4.31 Å². The lowest BCUT2D eigenvalue weighted by atomic mass is 10.1. The van der Waals surface area contributed by atoms with Crippen molar-refractivity contribution in [1.29, 1.82) is 0 Å². The average Bonchev–Trinajstić information content (AvgIpc) is 3.18. The summed E-state index contributed by atoms with van der Waals surface area (Å²) in [6, 6.07) is 18.7. The van der Waals surface area contributed by atoms with Gasteiger partial charge in [0.2, 0.25) is 15.9 Å². The minimum absolute atomic E-state index is 0.202. The Bertz CT molecular complexity index is 1150. The average molecular weight is 415 g/mol. The lowest BCUT2D eigenvalue weighted by Gasteiger charge is -2.23. The Morgan fingerprint density at radius 2 is 1.79 bits per heavy atom. The number of anilines is 1. The number of benzene rings is 3. The maximum absolute atomic E-state index is 13.2. The van der Waals surface area contributed by atoms with Crippen molar-refractivity contribution in [3.8, 4) is 0 Å². The molecule has 1 atom stereocenters. The van der Waals surface area contributed by atoms with Gasteiger partial charge in [-0.3, -0.25) is 4.79 Å². The number of hydrogen-bond acceptors (Lipinski definition) is 3. The van der Waals surface area contributed by atoms with E-state index < -0.39 is 16.1 Å². The van der Waals surface area contributed by atoms with Gasteiger partial charge in [-0.2, -0.15) is 4.31 Å². The van der Waals surface area contributed by atoms with E-state index in [0.717, 1.165) is 10.8 Å². The van der Waals surface area contributed by atoms with Crippen molar-refractivity contribution >= 4 is 44.0 Å². The van der Waals surface area contributed by atoms with Crippen LogP contribution in [0.2, 0.25) is 5.02 Å². The molecule has 144 valence electrons. The van der Waals surface area contributed by atoms with Crippen molar-refractivity contribution in [2.75, 3.05) is 11.9 Å². The smallest absolute Gasteiger partial charge is 0.243 e. The van der Waals surface area contributed by atoms with E-state index in [2.05, 4.69) is 5.32 Å². The van der Waals surface area contributed by atoms with Gasteiger partial charge in [0, 0.05) is 17.3 Å². The zero-order chi connectivity index (χ0) is 19.7. The van der Waals surface area contributed by atoms with Crippen LogP contribution in [0.3, 0.4) is 0 Å². The molecule has 3 aromatic carbocycles. The summed E-state index contributed by atoms with van der Waals surface area (Å²) in [5.74, 6) is -0.343. The number of carbonyl (C=O) groups excluding carboxylic acids is 1. The third kappa shape index (κ3) is 3.63. The molecule has 5 nitrogen and oxygen atoms in total. The topological polar surface area (TPSA) is 66.5 Å². The molecule has 4 rings (SSSR count). The van der Waals surface area contributed by atoms with Gasteiger partial charge in [0.05, 0.1) is 4.90 Å². The van der Waals surface area contributed by atoms with Crippen molar-refractivity contribution < 1.29 is 13.2 Å². The Morgan fingerprint density at radius 1 is 1.00 bits per heavy atom.